The highest BCUT2D eigenvalue weighted by atomic mass is 32.2. The van der Waals surface area contributed by atoms with Gasteiger partial charge in [-0.15, -0.1) is 0 Å². The third kappa shape index (κ3) is 6.52. The third-order valence-electron chi connectivity index (χ3n) is 11.9. The number of amides is 2. The van der Waals surface area contributed by atoms with Crippen molar-refractivity contribution in [1.29, 1.82) is 0 Å². The SMILES string of the molecule is CC(C)(C(=O)NS(=O)(=O)C1CC(F)(F)C1)c1ccc(O[C@@H]2CC[C@@H](NC(=O)[C@@]3(F)CNC4(CCC4)C3)C2)c(-c2cccc(F)c2C2CCC2)c1. The molecule has 7 rings (SSSR count). The van der Waals surface area contributed by atoms with Gasteiger partial charge in [-0.2, -0.15) is 0 Å². The van der Waals surface area contributed by atoms with Gasteiger partial charge in [-0.1, -0.05) is 24.6 Å². The highest BCUT2D eigenvalue weighted by molar-refractivity contribution is 7.90. The second-order valence-electron chi connectivity index (χ2n) is 15.9. The van der Waals surface area contributed by atoms with Crippen molar-refractivity contribution in [3.8, 4) is 16.9 Å². The van der Waals surface area contributed by atoms with Crippen LogP contribution in [0.4, 0.5) is 17.6 Å². The van der Waals surface area contributed by atoms with Crippen LogP contribution in [0.25, 0.3) is 11.1 Å². The smallest absolute Gasteiger partial charge is 0.259 e. The highest BCUT2D eigenvalue weighted by Gasteiger charge is 2.56. The van der Waals surface area contributed by atoms with E-state index in [0.29, 0.717) is 47.3 Å². The first-order valence-electron chi connectivity index (χ1n) is 17.8. The van der Waals surface area contributed by atoms with E-state index in [9.17, 15) is 26.8 Å². The maximum atomic E-state index is 15.7. The lowest BCUT2D eigenvalue weighted by Gasteiger charge is -2.38. The van der Waals surface area contributed by atoms with Gasteiger partial charge >= 0.3 is 0 Å². The average molecular weight is 720 g/mol. The molecule has 4 aliphatic carbocycles. The molecule has 0 aromatic heterocycles. The number of hydrogen-bond donors (Lipinski definition) is 3. The Balaban J connectivity index is 1.12. The van der Waals surface area contributed by atoms with E-state index in [2.05, 4.69) is 10.6 Å². The summed E-state index contributed by atoms with van der Waals surface area (Å²) in [5.41, 5.74) is -1.51. The maximum Gasteiger partial charge on any atom is 0.259 e. The zero-order chi connectivity index (χ0) is 35.7. The fraction of sp³-hybridized carbons (Fsp3) is 0.622. The van der Waals surface area contributed by atoms with Gasteiger partial charge in [-0.3, -0.25) is 14.3 Å². The molecule has 2 aromatic carbocycles. The van der Waals surface area contributed by atoms with Gasteiger partial charge in [0.2, 0.25) is 21.6 Å². The summed E-state index contributed by atoms with van der Waals surface area (Å²) in [6.07, 6.45) is 5.23. The van der Waals surface area contributed by atoms with Crippen molar-refractivity contribution in [1.82, 2.24) is 15.4 Å². The van der Waals surface area contributed by atoms with Crippen molar-refractivity contribution in [2.24, 2.45) is 0 Å². The number of halogens is 4. The average Bonchev–Trinajstić information content (AvgIpc) is 3.60. The Hall–Kier alpha value is -3.19. The van der Waals surface area contributed by atoms with Crippen LogP contribution >= 0.6 is 0 Å². The standard InChI is InChI=1S/C37H45F4N3O5S/c1-34(2,32(45)44-50(47,48)26-18-37(40,41)19-26)23-10-13-30(28(16-23)27-8-4-9-29(38)31(27)22-6-3-7-22)49-25-12-11-24(17-25)43-33(46)36(39)20-35(42-21-36)14-5-15-35/h4,8-10,13,16,22,24-26,42H,3,5-7,11-12,14-15,17-21H2,1-2H3,(H,43,46)(H,44,45)/t24-,25-,36+/m1/s1. The number of alkyl halides is 3. The van der Waals surface area contributed by atoms with Crippen LogP contribution in [0.15, 0.2) is 36.4 Å². The number of carbonyl (C=O) groups excluding carboxylic acids is 2. The molecule has 272 valence electrons. The Bertz CT molecular complexity index is 1790. The minimum Gasteiger partial charge on any atom is -0.490 e. The first kappa shape index (κ1) is 35.2. The Kier molecular flexibility index (Phi) is 8.80. The Labute approximate surface area is 290 Å². The van der Waals surface area contributed by atoms with Gasteiger partial charge in [0.15, 0.2) is 0 Å². The van der Waals surface area contributed by atoms with E-state index in [1.165, 1.54) is 6.07 Å². The third-order valence-corrected chi connectivity index (χ3v) is 13.6. The summed E-state index contributed by atoms with van der Waals surface area (Å²) >= 11 is 0. The van der Waals surface area contributed by atoms with E-state index in [1.807, 2.05) is 4.72 Å². The molecule has 3 N–H and O–H groups in total. The Morgan fingerprint density at radius 2 is 1.72 bits per heavy atom. The molecule has 0 unspecified atom stereocenters. The fourth-order valence-electron chi connectivity index (χ4n) is 8.19. The second-order valence-corrected chi connectivity index (χ2v) is 17.8. The Morgan fingerprint density at radius 3 is 2.34 bits per heavy atom. The molecule has 13 heteroatoms. The van der Waals surface area contributed by atoms with E-state index in [1.54, 1.807) is 44.2 Å². The number of ether oxygens (including phenoxy) is 1. The van der Waals surface area contributed by atoms with Gasteiger partial charge < -0.3 is 15.4 Å². The largest absolute Gasteiger partial charge is 0.490 e. The van der Waals surface area contributed by atoms with E-state index < -0.39 is 56.9 Å². The van der Waals surface area contributed by atoms with E-state index in [4.69, 9.17) is 4.74 Å². The van der Waals surface area contributed by atoms with Crippen LogP contribution < -0.4 is 20.1 Å². The van der Waals surface area contributed by atoms with Gasteiger partial charge in [0, 0.05) is 49.4 Å². The lowest BCUT2D eigenvalue weighted by Crippen LogP contribution is -2.53. The quantitative estimate of drug-likeness (QED) is 0.248. The molecule has 1 heterocycles. The number of benzene rings is 2. The van der Waals surface area contributed by atoms with Gasteiger partial charge in [0.25, 0.3) is 11.8 Å². The lowest BCUT2D eigenvalue weighted by molar-refractivity contribution is -0.133. The van der Waals surface area contributed by atoms with Crippen LogP contribution in [0.1, 0.15) is 108 Å². The van der Waals surface area contributed by atoms with Crippen molar-refractivity contribution in [2.45, 2.75) is 137 Å². The highest BCUT2D eigenvalue weighted by Crippen LogP contribution is 2.47. The molecule has 5 fully saturated rings. The molecule has 8 nitrogen and oxygen atoms in total. The summed E-state index contributed by atoms with van der Waals surface area (Å²) in [6.45, 7) is 3.09. The molecular weight excluding hydrogens is 674 g/mol. The van der Waals surface area contributed by atoms with E-state index in [0.717, 1.165) is 38.5 Å². The van der Waals surface area contributed by atoms with E-state index in [-0.39, 0.29) is 42.4 Å². The summed E-state index contributed by atoms with van der Waals surface area (Å²) in [4.78, 5) is 26.5. The van der Waals surface area contributed by atoms with Crippen molar-refractivity contribution in [2.75, 3.05) is 6.54 Å². The summed E-state index contributed by atoms with van der Waals surface area (Å²) in [6, 6.07) is 9.60. The zero-order valence-electron chi connectivity index (χ0n) is 28.4. The van der Waals surface area contributed by atoms with Crippen LogP contribution in [0.5, 0.6) is 5.75 Å². The number of rotatable bonds is 10. The molecule has 0 radical (unpaired) electrons. The van der Waals surface area contributed by atoms with Crippen LogP contribution in [-0.4, -0.2) is 61.3 Å². The molecule has 3 atom stereocenters. The van der Waals surface area contributed by atoms with Gasteiger partial charge in [0.1, 0.15) is 17.7 Å². The molecule has 2 aromatic rings. The van der Waals surface area contributed by atoms with Crippen LogP contribution in [-0.2, 0) is 25.0 Å². The van der Waals surface area contributed by atoms with Crippen molar-refractivity contribution in [3.63, 3.8) is 0 Å². The first-order chi connectivity index (χ1) is 23.5. The number of carbonyl (C=O) groups is 2. The maximum absolute atomic E-state index is 15.7. The number of hydrogen-bond acceptors (Lipinski definition) is 6. The first-order valence-corrected chi connectivity index (χ1v) is 19.3. The number of sulfonamides is 1. The van der Waals surface area contributed by atoms with Crippen molar-refractivity contribution >= 4 is 21.8 Å². The molecule has 2 amide bonds. The van der Waals surface area contributed by atoms with Crippen LogP contribution in [0, 0.1) is 5.82 Å². The van der Waals surface area contributed by atoms with Crippen LogP contribution in [0.2, 0.25) is 0 Å². The predicted molar refractivity (Wildman–Crippen MR) is 180 cm³/mol. The minimum atomic E-state index is -4.33. The summed E-state index contributed by atoms with van der Waals surface area (Å²) in [5.74, 6) is -4.44. The van der Waals surface area contributed by atoms with Gasteiger partial charge in [-0.25, -0.2) is 26.0 Å². The van der Waals surface area contributed by atoms with Crippen molar-refractivity contribution in [3.05, 3.63) is 53.3 Å². The molecule has 1 saturated heterocycles. The molecule has 4 saturated carbocycles. The fourth-order valence-corrected chi connectivity index (χ4v) is 9.80. The monoisotopic (exact) mass is 719 g/mol. The number of nitrogens with one attached hydrogen (secondary N) is 3. The summed E-state index contributed by atoms with van der Waals surface area (Å²) < 4.78 is 92.1. The second kappa shape index (κ2) is 12.5. The topological polar surface area (TPSA) is 114 Å². The molecule has 50 heavy (non-hydrogen) atoms. The summed E-state index contributed by atoms with van der Waals surface area (Å²) in [5, 5.41) is 4.79. The summed E-state index contributed by atoms with van der Waals surface area (Å²) in [7, 11) is -4.33. The molecule has 5 aliphatic rings. The minimum absolute atomic E-state index is 0.00742. The zero-order valence-corrected chi connectivity index (χ0v) is 29.2. The van der Waals surface area contributed by atoms with Crippen molar-refractivity contribution < 1.29 is 40.3 Å². The molecule has 1 aliphatic heterocycles. The van der Waals surface area contributed by atoms with Gasteiger partial charge in [0.05, 0.1) is 10.7 Å². The normalized spacial score (nSPS) is 27.6. The molecular formula is C37H45F4N3O5S. The lowest BCUT2D eigenvalue weighted by atomic mass is 9.74. The predicted octanol–water partition coefficient (Wildman–Crippen LogP) is 6.32. The van der Waals surface area contributed by atoms with Crippen LogP contribution in [0.3, 0.4) is 0 Å². The van der Waals surface area contributed by atoms with E-state index >= 15 is 8.78 Å². The molecule has 1 spiro atoms. The van der Waals surface area contributed by atoms with Gasteiger partial charge in [-0.05, 0) is 99.6 Å². The Morgan fingerprint density at radius 1 is 0.980 bits per heavy atom. The molecule has 0 bridgehead atoms.